The maximum absolute atomic E-state index is 6.01. The number of hydrogen-bond acceptors (Lipinski definition) is 4. The molecule has 1 aliphatic carbocycles. The Bertz CT molecular complexity index is 556. The van der Waals surface area contributed by atoms with E-state index in [0.717, 1.165) is 29.7 Å². The number of pyridine rings is 1. The molecular formula is C15H19N3O. The molecule has 1 fully saturated rings. The summed E-state index contributed by atoms with van der Waals surface area (Å²) in [4.78, 5) is 4.17. The van der Waals surface area contributed by atoms with Gasteiger partial charge in [0.05, 0.1) is 5.56 Å². The summed E-state index contributed by atoms with van der Waals surface area (Å²) >= 11 is 0. The predicted molar refractivity (Wildman–Crippen MR) is 74.6 cm³/mol. The average molecular weight is 257 g/mol. The molecule has 2 aromatic heterocycles. The predicted octanol–water partition coefficient (Wildman–Crippen LogP) is 3.54. The first-order chi connectivity index (χ1) is 9.21. The minimum absolute atomic E-state index is 0.0496. The van der Waals surface area contributed by atoms with Crippen molar-refractivity contribution < 1.29 is 4.52 Å². The summed E-state index contributed by atoms with van der Waals surface area (Å²) in [6, 6.07) is 3.92. The summed E-state index contributed by atoms with van der Waals surface area (Å²) in [5.41, 5.74) is 7.97. The van der Waals surface area contributed by atoms with Crippen molar-refractivity contribution in [3.8, 4) is 11.1 Å². The second-order valence-electron chi connectivity index (χ2n) is 5.63. The summed E-state index contributed by atoms with van der Waals surface area (Å²) in [5, 5.41) is 3.99. The van der Waals surface area contributed by atoms with Crippen molar-refractivity contribution in [1.29, 1.82) is 0 Å². The summed E-state index contributed by atoms with van der Waals surface area (Å²) in [6.45, 7) is 2.26. The quantitative estimate of drug-likeness (QED) is 0.893. The highest BCUT2D eigenvalue weighted by Crippen LogP contribution is 2.44. The van der Waals surface area contributed by atoms with E-state index in [1.54, 1.807) is 6.20 Å². The van der Waals surface area contributed by atoms with Gasteiger partial charge in [-0.25, -0.2) is 0 Å². The van der Waals surface area contributed by atoms with Gasteiger partial charge in [0.1, 0.15) is 0 Å². The number of nitrogens with two attached hydrogens (primary N) is 1. The van der Waals surface area contributed by atoms with E-state index < -0.39 is 0 Å². The number of anilines is 1. The molecule has 0 aliphatic heterocycles. The van der Waals surface area contributed by atoms with Crippen LogP contribution in [0.5, 0.6) is 0 Å². The summed E-state index contributed by atoms with van der Waals surface area (Å²) in [6.07, 6.45) is 9.63. The number of nitrogen functional groups attached to an aromatic ring is 1. The van der Waals surface area contributed by atoms with E-state index in [1.165, 1.54) is 19.3 Å². The van der Waals surface area contributed by atoms with Crippen molar-refractivity contribution in [3.63, 3.8) is 0 Å². The Morgan fingerprint density at radius 3 is 2.74 bits per heavy atom. The van der Waals surface area contributed by atoms with Crippen molar-refractivity contribution in [2.24, 2.45) is 0 Å². The number of aromatic nitrogens is 2. The normalized spacial score (nSPS) is 18.4. The molecule has 2 heterocycles. The van der Waals surface area contributed by atoms with Crippen LogP contribution in [-0.2, 0) is 5.41 Å². The third-order valence-electron chi connectivity index (χ3n) is 4.17. The molecule has 0 saturated heterocycles. The van der Waals surface area contributed by atoms with E-state index >= 15 is 0 Å². The lowest BCUT2D eigenvalue weighted by Gasteiger charge is -2.31. The molecule has 0 spiro atoms. The summed E-state index contributed by atoms with van der Waals surface area (Å²) in [5.74, 6) is 1.40. The fraction of sp³-hybridized carbons (Fsp3) is 0.467. The van der Waals surface area contributed by atoms with Crippen LogP contribution in [0.25, 0.3) is 11.1 Å². The minimum Gasteiger partial charge on any atom is -0.380 e. The molecular weight excluding hydrogens is 238 g/mol. The second-order valence-corrected chi connectivity index (χ2v) is 5.63. The first-order valence-electron chi connectivity index (χ1n) is 6.87. The van der Waals surface area contributed by atoms with Crippen LogP contribution >= 0.6 is 0 Å². The van der Waals surface area contributed by atoms with Gasteiger partial charge in [-0.3, -0.25) is 4.98 Å². The summed E-state index contributed by atoms with van der Waals surface area (Å²) in [7, 11) is 0. The van der Waals surface area contributed by atoms with Gasteiger partial charge >= 0.3 is 0 Å². The third kappa shape index (κ3) is 2.11. The SMILES string of the molecule is CC1(c2onc(N)c2-c2cccnc2)CCCCC1. The maximum Gasteiger partial charge on any atom is 0.175 e. The smallest absolute Gasteiger partial charge is 0.175 e. The van der Waals surface area contributed by atoms with Gasteiger partial charge in [-0.05, 0) is 18.9 Å². The van der Waals surface area contributed by atoms with Gasteiger partial charge in [0, 0.05) is 23.4 Å². The van der Waals surface area contributed by atoms with E-state index in [-0.39, 0.29) is 5.41 Å². The van der Waals surface area contributed by atoms with Gasteiger partial charge in [0.2, 0.25) is 0 Å². The molecule has 3 rings (SSSR count). The van der Waals surface area contributed by atoms with Crippen molar-refractivity contribution >= 4 is 5.82 Å². The van der Waals surface area contributed by atoms with Crippen molar-refractivity contribution in [2.45, 2.75) is 44.4 Å². The van der Waals surface area contributed by atoms with E-state index in [4.69, 9.17) is 10.3 Å². The van der Waals surface area contributed by atoms with Crippen LogP contribution in [0.15, 0.2) is 29.0 Å². The fourth-order valence-electron chi connectivity index (χ4n) is 3.06. The molecule has 0 amide bonds. The average Bonchev–Trinajstić information content (AvgIpc) is 2.83. The van der Waals surface area contributed by atoms with Crippen LogP contribution in [0.2, 0.25) is 0 Å². The molecule has 0 bridgehead atoms. The third-order valence-corrected chi connectivity index (χ3v) is 4.17. The monoisotopic (exact) mass is 257 g/mol. The van der Waals surface area contributed by atoms with Gasteiger partial charge in [0.15, 0.2) is 11.6 Å². The van der Waals surface area contributed by atoms with Gasteiger partial charge in [-0.15, -0.1) is 0 Å². The van der Waals surface area contributed by atoms with Crippen LogP contribution in [0, 0.1) is 0 Å². The van der Waals surface area contributed by atoms with E-state index in [2.05, 4.69) is 17.1 Å². The molecule has 2 aromatic rings. The Hall–Kier alpha value is -1.84. The van der Waals surface area contributed by atoms with Crippen LogP contribution in [0.4, 0.5) is 5.82 Å². The lowest BCUT2D eigenvalue weighted by atomic mass is 9.72. The first-order valence-corrected chi connectivity index (χ1v) is 6.87. The number of nitrogens with zero attached hydrogens (tertiary/aromatic N) is 2. The molecule has 0 atom stereocenters. The van der Waals surface area contributed by atoms with E-state index in [0.29, 0.717) is 5.82 Å². The van der Waals surface area contributed by atoms with Gasteiger partial charge in [0.25, 0.3) is 0 Å². The Morgan fingerprint density at radius 1 is 1.26 bits per heavy atom. The van der Waals surface area contributed by atoms with Crippen LogP contribution in [0.3, 0.4) is 0 Å². The van der Waals surface area contributed by atoms with Crippen LogP contribution in [-0.4, -0.2) is 10.1 Å². The lowest BCUT2D eigenvalue weighted by molar-refractivity contribution is 0.242. The Morgan fingerprint density at radius 2 is 2.05 bits per heavy atom. The molecule has 0 aromatic carbocycles. The van der Waals surface area contributed by atoms with E-state index in [9.17, 15) is 0 Å². The zero-order valence-corrected chi connectivity index (χ0v) is 11.2. The molecule has 2 N–H and O–H groups in total. The van der Waals surface area contributed by atoms with Crippen LogP contribution in [0.1, 0.15) is 44.8 Å². The standard InChI is InChI=1S/C15H19N3O/c1-15(7-3-2-4-8-15)13-12(14(16)18-19-13)11-6-5-9-17-10-11/h5-6,9-10H,2-4,7-8H2,1H3,(H2,16,18). The molecule has 0 unspecified atom stereocenters. The van der Waals surface area contributed by atoms with Gasteiger partial charge < -0.3 is 10.3 Å². The topological polar surface area (TPSA) is 64.9 Å². The molecule has 4 heteroatoms. The molecule has 1 aliphatic rings. The van der Waals surface area contributed by atoms with Gasteiger partial charge in [-0.2, -0.15) is 0 Å². The molecule has 100 valence electrons. The molecule has 0 radical (unpaired) electrons. The zero-order valence-electron chi connectivity index (χ0n) is 11.2. The van der Waals surface area contributed by atoms with Gasteiger partial charge in [-0.1, -0.05) is 37.4 Å². The van der Waals surface area contributed by atoms with Crippen molar-refractivity contribution in [2.75, 3.05) is 5.73 Å². The molecule has 19 heavy (non-hydrogen) atoms. The first kappa shape index (κ1) is 12.2. The number of hydrogen-bond donors (Lipinski definition) is 1. The zero-order chi connectivity index (χ0) is 13.3. The minimum atomic E-state index is 0.0496. The lowest BCUT2D eigenvalue weighted by Crippen LogP contribution is -2.25. The maximum atomic E-state index is 6.01. The molecule has 1 saturated carbocycles. The highest BCUT2D eigenvalue weighted by Gasteiger charge is 2.36. The van der Waals surface area contributed by atoms with Crippen LogP contribution < -0.4 is 5.73 Å². The second kappa shape index (κ2) is 4.68. The largest absolute Gasteiger partial charge is 0.380 e. The molecule has 4 nitrogen and oxygen atoms in total. The van der Waals surface area contributed by atoms with Crippen molar-refractivity contribution in [3.05, 3.63) is 30.3 Å². The van der Waals surface area contributed by atoms with E-state index in [1.807, 2.05) is 18.3 Å². The Balaban J connectivity index is 2.08. The highest BCUT2D eigenvalue weighted by molar-refractivity contribution is 5.75. The summed E-state index contributed by atoms with van der Waals surface area (Å²) < 4.78 is 5.59. The highest BCUT2D eigenvalue weighted by atomic mass is 16.5. The Kier molecular flexibility index (Phi) is 3.01. The number of rotatable bonds is 2. The fourth-order valence-corrected chi connectivity index (χ4v) is 3.06. The van der Waals surface area contributed by atoms with Crippen molar-refractivity contribution in [1.82, 2.24) is 10.1 Å². The Labute approximate surface area is 113 Å².